The summed E-state index contributed by atoms with van der Waals surface area (Å²) in [6, 6.07) is 11.9. The number of anilines is 1. The molecule has 28 heavy (non-hydrogen) atoms. The van der Waals surface area contributed by atoms with Crippen molar-refractivity contribution >= 4 is 40.6 Å². The van der Waals surface area contributed by atoms with E-state index in [0.717, 1.165) is 11.3 Å². The van der Waals surface area contributed by atoms with Crippen molar-refractivity contribution in [2.45, 2.75) is 30.8 Å². The maximum absolute atomic E-state index is 12.2. The highest BCUT2D eigenvalue weighted by atomic mass is 32.2. The first-order valence-corrected chi connectivity index (χ1v) is 10.8. The Hall–Kier alpha value is -2.58. The normalized spacial score (nSPS) is 11.8. The molecule has 0 spiro atoms. The lowest BCUT2D eigenvalue weighted by molar-refractivity contribution is -0.122. The summed E-state index contributed by atoms with van der Waals surface area (Å²) in [7, 11) is 0. The van der Waals surface area contributed by atoms with E-state index >= 15 is 0 Å². The summed E-state index contributed by atoms with van der Waals surface area (Å²) in [5, 5.41) is 14.0. The van der Waals surface area contributed by atoms with Gasteiger partial charge < -0.3 is 10.6 Å². The number of hydrogen-bond acceptors (Lipinski definition) is 5. The van der Waals surface area contributed by atoms with Crippen molar-refractivity contribution in [3.05, 3.63) is 65.1 Å². The molecule has 2 amide bonds. The number of benzene rings is 1. The Balaban J connectivity index is 1.41. The van der Waals surface area contributed by atoms with Crippen LogP contribution in [0.25, 0.3) is 0 Å². The summed E-state index contributed by atoms with van der Waals surface area (Å²) in [5.41, 5.74) is 1.80. The second kappa shape index (κ2) is 10.1. The van der Waals surface area contributed by atoms with Gasteiger partial charge in [0.25, 0.3) is 0 Å². The lowest BCUT2D eigenvalue weighted by Crippen LogP contribution is -2.36. The van der Waals surface area contributed by atoms with Crippen molar-refractivity contribution in [2.75, 3.05) is 11.1 Å². The number of amides is 2. The molecule has 1 atom stereocenters. The van der Waals surface area contributed by atoms with Crippen LogP contribution in [0.1, 0.15) is 12.5 Å². The third-order valence-corrected chi connectivity index (χ3v) is 5.61. The van der Waals surface area contributed by atoms with Gasteiger partial charge in [0.2, 0.25) is 11.8 Å². The van der Waals surface area contributed by atoms with Gasteiger partial charge in [0.1, 0.15) is 6.54 Å². The van der Waals surface area contributed by atoms with Crippen LogP contribution in [0.3, 0.4) is 0 Å². The van der Waals surface area contributed by atoms with E-state index in [9.17, 15) is 9.59 Å². The van der Waals surface area contributed by atoms with E-state index in [2.05, 4.69) is 27.2 Å². The van der Waals surface area contributed by atoms with E-state index in [4.69, 9.17) is 0 Å². The SMILES string of the molecule is C[C@H](Cc1ccsc1)NC(=O)Cn1cc(NC(=O)CSc2ccccc2)cn1. The summed E-state index contributed by atoms with van der Waals surface area (Å²) >= 11 is 3.12. The molecule has 6 nitrogen and oxygen atoms in total. The fourth-order valence-corrected chi connectivity index (χ4v) is 4.06. The largest absolute Gasteiger partial charge is 0.352 e. The van der Waals surface area contributed by atoms with Gasteiger partial charge in [-0.25, -0.2) is 0 Å². The van der Waals surface area contributed by atoms with Crippen LogP contribution in [0, 0.1) is 0 Å². The van der Waals surface area contributed by atoms with Crippen LogP contribution in [-0.4, -0.2) is 33.4 Å². The first-order valence-electron chi connectivity index (χ1n) is 8.89. The number of hydrogen-bond donors (Lipinski definition) is 2. The molecule has 3 aromatic rings. The number of nitrogens with zero attached hydrogens (tertiary/aromatic N) is 2. The van der Waals surface area contributed by atoms with Crippen molar-refractivity contribution < 1.29 is 9.59 Å². The summed E-state index contributed by atoms with van der Waals surface area (Å²) in [6.07, 6.45) is 4.01. The number of carbonyl (C=O) groups is 2. The average molecular weight is 415 g/mol. The zero-order valence-electron chi connectivity index (χ0n) is 15.5. The van der Waals surface area contributed by atoms with Gasteiger partial charge in [-0.1, -0.05) is 18.2 Å². The van der Waals surface area contributed by atoms with Gasteiger partial charge in [0.15, 0.2) is 0 Å². The highest BCUT2D eigenvalue weighted by Crippen LogP contribution is 2.17. The third kappa shape index (κ3) is 6.54. The number of thiophene rings is 1. The van der Waals surface area contributed by atoms with E-state index in [1.807, 2.05) is 42.6 Å². The Morgan fingerprint density at radius 1 is 1.21 bits per heavy atom. The van der Waals surface area contributed by atoms with Gasteiger partial charge in [-0.05, 0) is 47.9 Å². The van der Waals surface area contributed by atoms with Crippen LogP contribution in [0.15, 0.2) is 64.4 Å². The van der Waals surface area contributed by atoms with Crippen LogP contribution in [0.5, 0.6) is 0 Å². The minimum atomic E-state index is -0.109. The lowest BCUT2D eigenvalue weighted by atomic mass is 10.1. The van der Waals surface area contributed by atoms with Crippen LogP contribution < -0.4 is 10.6 Å². The second-order valence-electron chi connectivity index (χ2n) is 6.38. The minimum Gasteiger partial charge on any atom is -0.352 e. The predicted molar refractivity (Wildman–Crippen MR) is 114 cm³/mol. The molecule has 0 bridgehead atoms. The highest BCUT2D eigenvalue weighted by Gasteiger charge is 2.11. The van der Waals surface area contributed by atoms with Gasteiger partial charge >= 0.3 is 0 Å². The molecule has 3 rings (SSSR count). The Bertz CT molecular complexity index is 894. The molecule has 146 valence electrons. The summed E-state index contributed by atoms with van der Waals surface area (Å²) in [4.78, 5) is 25.3. The molecule has 0 fully saturated rings. The molecule has 2 N–H and O–H groups in total. The number of thioether (sulfide) groups is 1. The van der Waals surface area contributed by atoms with Gasteiger partial charge in [0, 0.05) is 17.1 Å². The maximum Gasteiger partial charge on any atom is 0.241 e. The van der Waals surface area contributed by atoms with Crippen molar-refractivity contribution in [3.8, 4) is 0 Å². The second-order valence-corrected chi connectivity index (χ2v) is 8.21. The third-order valence-electron chi connectivity index (χ3n) is 3.87. The highest BCUT2D eigenvalue weighted by molar-refractivity contribution is 8.00. The monoisotopic (exact) mass is 414 g/mol. The molecule has 1 aromatic carbocycles. The van der Waals surface area contributed by atoms with Crippen molar-refractivity contribution in [1.29, 1.82) is 0 Å². The topological polar surface area (TPSA) is 76.0 Å². The van der Waals surface area contributed by atoms with E-state index in [-0.39, 0.29) is 24.4 Å². The van der Waals surface area contributed by atoms with Crippen molar-refractivity contribution in [3.63, 3.8) is 0 Å². The molecular formula is C20H22N4O2S2. The Morgan fingerprint density at radius 2 is 2.04 bits per heavy atom. The van der Waals surface area contributed by atoms with E-state index < -0.39 is 0 Å². The van der Waals surface area contributed by atoms with Gasteiger partial charge in [-0.2, -0.15) is 16.4 Å². The van der Waals surface area contributed by atoms with Gasteiger partial charge in [-0.3, -0.25) is 14.3 Å². The van der Waals surface area contributed by atoms with Crippen LogP contribution in [0.4, 0.5) is 5.69 Å². The first-order chi connectivity index (χ1) is 13.6. The van der Waals surface area contributed by atoms with E-state index in [1.54, 1.807) is 23.7 Å². The Kier molecular flexibility index (Phi) is 7.27. The summed E-state index contributed by atoms with van der Waals surface area (Å²) < 4.78 is 1.52. The van der Waals surface area contributed by atoms with Gasteiger partial charge in [-0.15, -0.1) is 11.8 Å². The zero-order chi connectivity index (χ0) is 19.8. The number of rotatable bonds is 9. The Morgan fingerprint density at radius 3 is 2.79 bits per heavy atom. The minimum absolute atomic E-state index is 0.0480. The van der Waals surface area contributed by atoms with E-state index in [0.29, 0.717) is 11.4 Å². The quantitative estimate of drug-likeness (QED) is 0.526. The summed E-state index contributed by atoms with van der Waals surface area (Å²) in [6.45, 7) is 2.09. The number of carbonyl (C=O) groups excluding carboxylic acids is 2. The molecule has 0 saturated carbocycles. The average Bonchev–Trinajstić information content (AvgIpc) is 3.33. The molecule has 0 saturated heterocycles. The summed E-state index contributed by atoms with van der Waals surface area (Å²) in [5.74, 6) is 0.0982. The molecular weight excluding hydrogens is 392 g/mol. The standard InChI is InChI=1S/C20H22N4O2S2/c1-15(9-16-7-8-27-13-16)22-19(25)12-24-11-17(10-21-24)23-20(26)14-28-18-5-3-2-4-6-18/h2-8,10-11,13,15H,9,12,14H2,1H3,(H,22,25)(H,23,26)/t15-/m1/s1. The van der Waals surface area contributed by atoms with Crippen molar-refractivity contribution in [1.82, 2.24) is 15.1 Å². The van der Waals surface area contributed by atoms with Crippen LogP contribution in [-0.2, 0) is 22.6 Å². The molecule has 0 radical (unpaired) electrons. The van der Waals surface area contributed by atoms with Crippen LogP contribution >= 0.6 is 23.1 Å². The van der Waals surface area contributed by atoms with Crippen LogP contribution in [0.2, 0.25) is 0 Å². The molecule has 2 heterocycles. The first kappa shape index (κ1) is 20.2. The lowest BCUT2D eigenvalue weighted by Gasteiger charge is -2.13. The molecule has 0 aliphatic rings. The molecule has 2 aromatic heterocycles. The predicted octanol–water partition coefficient (Wildman–Crippen LogP) is 3.42. The van der Waals surface area contributed by atoms with E-state index in [1.165, 1.54) is 22.0 Å². The molecule has 0 unspecified atom stereocenters. The smallest absolute Gasteiger partial charge is 0.241 e. The molecule has 8 heteroatoms. The van der Waals surface area contributed by atoms with Gasteiger partial charge in [0.05, 0.1) is 17.6 Å². The maximum atomic E-state index is 12.2. The fraction of sp³-hybridized carbons (Fsp3) is 0.250. The van der Waals surface area contributed by atoms with Crippen molar-refractivity contribution in [2.24, 2.45) is 0 Å². The molecule has 0 aliphatic heterocycles. The Labute approximate surface area is 172 Å². The zero-order valence-corrected chi connectivity index (χ0v) is 17.1. The fourth-order valence-electron chi connectivity index (χ4n) is 2.66. The number of nitrogens with one attached hydrogen (secondary N) is 2. The number of aromatic nitrogens is 2. The molecule has 0 aliphatic carbocycles.